The molecule has 0 radical (unpaired) electrons. The quantitative estimate of drug-likeness (QED) is 0.633. The summed E-state index contributed by atoms with van der Waals surface area (Å²) in [5.74, 6) is -0.0581. The van der Waals surface area contributed by atoms with Crippen molar-refractivity contribution in [3.8, 4) is 0 Å². The normalized spacial score (nSPS) is 23.7. The summed E-state index contributed by atoms with van der Waals surface area (Å²) < 4.78 is 5.49. The molecule has 3 rings (SSSR count). The zero-order chi connectivity index (χ0) is 16.1. The first-order chi connectivity index (χ1) is 11.3. The van der Waals surface area contributed by atoms with E-state index in [1.807, 2.05) is 0 Å². The van der Waals surface area contributed by atoms with Crippen LogP contribution in [0.15, 0.2) is 36.5 Å². The first-order valence-electron chi connectivity index (χ1n) is 8.29. The Morgan fingerprint density at radius 1 is 1.26 bits per heavy atom. The third-order valence-electron chi connectivity index (χ3n) is 4.51. The number of amides is 1. The van der Waals surface area contributed by atoms with Crippen molar-refractivity contribution in [1.29, 1.82) is 0 Å². The summed E-state index contributed by atoms with van der Waals surface area (Å²) in [6.07, 6.45) is 10.5. The van der Waals surface area contributed by atoms with Gasteiger partial charge in [0.25, 0.3) is 5.91 Å². The van der Waals surface area contributed by atoms with Gasteiger partial charge in [-0.25, -0.2) is 4.79 Å². The van der Waals surface area contributed by atoms with E-state index in [0.717, 1.165) is 25.7 Å². The van der Waals surface area contributed by atoms with Gasteiger partial charge in [-0.2, -0.15) is 0 Å². The number of aromatic nitrogens is 1. The Labute approximate surface area is 136 Å². The van der Waals surface area contributed by atoms with E-state index in [0.29, 0.717) is 31.2 Å². The molecule has 1 aromatic heterocycles. The lowest BCUT2D eigenvalue weighted by Gasteiger charge is -2.24. The first kappa shape index (κ1) is 15.7. The van der Waals surface area contributed by atoms with E-state index in [9.17, 15) is 9.59 Å². The minimum Gasteiger partial charge on any atom is -0.464 e. The summed E-state index contributed by atoms with van der Waals surface area (Å²) in [7, 11) is 0. The largest absolute Gasteiger partial charge is 0.464 e. The fourth-order valence-corrected chi connectivity index (χ4v) is 3.20. The molecule has 1 saturated heterocycles. The lowest BCUT2D eigenvalue weighted by Crippen LogP contribution is -2.42. The molecule has 2 aliphatic rings. The van der Waals surface area contributed by atoms with Crippen molar-refractivity contribution in [1.82, 2.24) is 9.88 Å². The molecule has 1 fully saturated rings. The Morgan fingerprint density at radius 3 is 2.91 bits per heavy atom. The molecule has 0 unspecified atom stereocenters. The van der Waals surface area contributed by atoms with Gasteiger partial charge in [-0.05, 0) is 50.2 Å². The zero-order valence-corrected chi connectivity index (χ0v) is 13.2. The van der Waals surface area contributed by atoms with Crippen LogP contribution in [0.4, 0.5) is 0 Å². The number of nitrogens with zero attached hydrogens (tertiary/aromatic N) is 2. The Bertz CT molecular complexity index is 585. The second kappa shape index (κ2) is 7.40. The summed E-state index contributed by atoms with van der Waals surface area (Å²) in [5.41, 5.74) is 0.379. The van der Waals surface area contributed by atoms with E-state index in [1.54, 1.807) is 29.3 Å². The monoisotopic (exact) mass is 314 g/mol. The maximum Gasteiger partial charge on any atom is 0.328 e. The number of carbonyl (C=O) groups is 2. The van der Waals surface area contributed by atoms with Crippen LogP contribution in [-0.4, -0.2) is 41.0 Å². The van der Waals surface area contributed by atoms with Crippen molar-refractivity contribution in [3.05, 3.63) is 42.2 Å². The summed E-state index contributed by atoms with van der Waals surface area (Å²) in [5, 5.41) is 0. The number of carbonyl (C=O) groups excluding carboxylic acids is 2. The summed E-state index contributed by atoms with van der Waals surface area (Å²) >= 11 is 0. The van der Waals surface area contributed by atoms with Crippen molar-refractivity contribution in [3.63, 3.8) is 0 Å². The van der Waals surface area contributed by atoms with Crippen LogP contribution in [0.3, 0.4) is 0 Å². The van der Waals surface area contributed by atoms with Crippen LogP contribution < -0.4 is 0 Å². The molecule has 1 aromatic rings. The standard InChI is InChI=1S/C18H22N2O3/c21-17(15-9-4-5-11-19-15)20-12-6-10-16(20)18(22)23-13-14-7-2-1-3-8-14/h1-2,4-5,9,11,14,16H,3,6-8,10,12-13H2/t14-,16+/m1/s1. The number of hydrogen-bond donors (Lipinski definition) is 0. The van der Waals surface area contributed by atoms with E-state index in [2.05, 4.69) is 17.1 Å². The molecule has 0 aromatic carbocycles. The SMILES string of the molecule is O=C(OC[C@@H]1CC=CCC1)[C@@H]1CCCN1C(=O)c1ccccn1. The molecule has 5 nitrogen and oxygen atoms in total. The van der Waals surface area contributed by atoms with Crippen molar-refractivity contribution in [2.24, 2.45) is 5.92 Å². The molecular formula is C18H22N2O3. The topological polar surface area (TPSA) is 59.5 Å². The molecule has 2 atom stereocenters. The molecule has 0 spiro atoms. The van der Waals surface area contributed by atoms with E-state index in [-0.39, 0.29) is 11.9 Å². The molecule has 1 aliphatic heterocycles. The predicted octanol–water partition coefficient (Wildman–Crippen LogP) is 2.59. The van der Waals surface area contributed by atoms with Gasteiger partial charge >= 0.3 is 5.97 Å². The molecule has 1 aliphatic carbocycles. The number of pyridine rings is 1. The maximum absolute atomic E-state index is 12.5. The lowest BCUT2D eigenvalue weighted by atomic mass is 9.95. The average molecular weight is 314 g/mol. The van der Waals surface area contributed by atoms with Gasteiger partial charge in [0.05, 0.1) is 6.61 Å². The first-order valence-corrected chi connectivity index (χ1v) is 8.29. The Balaban J connectivity index is 1.58. The number of hydrogen-bond acceptors (Lipinski definition) is 4. The Hall–Kier alpha value is -2.17. The molecule has 0 N–H and O–H groups in total. The summed E-state index contributed by atoms with van der Waals surface area (Å²) in [6.45, 7) is 1.03. The summed E-state index contributed by atoms with van der Waals surface area (Å²) in [4.78, 5) is 30.6. The summed E-state index contributed by atoms with van der Waals surface area (Å²) in [6, 6.07) is 4.76. The van der Waals surface area contributed by atoms with Crippen LogP contribution in [0.5, 0.6) is 0 Å². The van der Waals surface area contributed by atoms with Gasteiger partial charge in [0.2, 0.25) is 0 Å². The third kappa shape index (κ3) is 3.78. The van der Waals surface area contributed by atoms with E-state index in [4.69, 9.17) is 4.74 Å². The minimum absolute atomic E-state index is 0.189. The maximum atomic E-state index is 12.5. The number of allylic oxidation sites excluding steroid dienone is 2. The van der Waals surface area contributed by atoms with E-state index in [1.165, 1.54) is 0 Å². The highest BCUT2D eigenvalue weighted by atomic mass is 16.5. The van der Waals surface area contributed by atoms with Crippen molar-refractivity contribution in [2.75, 3.05) is 13.2 Å². The molecule has 5 heteroatoms. The second-order valence-corrected chi connectivity index (χ2v) is 6.15. The van der Waals surface area contributed by atoms with Crippen molar-refractivity contribution < 1.29 is 14.3 Å². The number of esters is 1. The predicted molar refractivity (Wildman–Crippen MR) is 85.7 cm³/mol. The highest BCUT2D eigenvalue weighted by Crippen LogP contribution is 2.23. The molecule has 2 heterocycles. The third-order valence-corrected chi connectivity index (χ3v) is 4.51. The van der Waals surface area contributed by atoms with Crippen LogP contribution in [0.2, 0.25) is 0 Å². The van der Waals surface area contributed by atoms with Crippen LogP contribution in [0.1, 0.15) is 42.6 Å². The molecule has 122 valence electrons. The van der Waals surface area contributed by atoms with Gasteiger partial charge in [-0.1, -0.05) is 18.2 Å². The average Bonchev–Trinajstić information content (AvgIpc) is 3.10. The fraction of sp³-hybridized carbons (Fsp3) is 0.500. The lowest BCUT2D eigenvalue weighted by molar-refractivity contribution is -0.149. The fourth-order valence-electron chi connectivity index (χ4n) is 3.20. The highest BCUT2D eigenvalue weighted by molar-refractivity contribution is 5.95. The van der Waals surface area contributed by atoms with Gasteiger partial charge in [0.15, 0.2) is 0 Å². The van der Waals surface area contributed by atoms with Crippen LogP contribution >= 0.6 is 0 Å². The van der Waals surface area contributed by atoms with Gasteiger partial charge in [-0.3, -0.25) is 9.78 Å². The Kier molecular flexibility index (Phi) is 5.05. The van der Waals surface area contributed by atoms with E-state index < -0.39 is 6.04 Å². The number of likely N-dealkylation sites (tertiary alicyclic amines) is 1. The van der Waals surface area contributed by atoms with Gasteiger partial charge < -0.3 is 9.64 Å². The number of ether oxygens (including phenoxy) is 1. The van der Waals surface area contributed by atoms with Crippen LogP contribution in [-0.2, 0) is 9.53 Å². The molecule has 0 bridgehead atoms. The van der Waals surface area contributed by atoms with Gasteiger partial charge in [0, 0.05) is 12.7 Å². The second-order valence-electron chi connectivity index (χ2n) is 6.15. The van der Waals surface area contributed by atoms with Gasteiger partial charge in [0.1, 0.15) is 11.7 Å². The van der Waals surface area contributed by atoms with Crippen LogP contribution in [0, 0.1) is 5.92 Å². The number of rotatable bonds is 4. The van der Waals surface area contributed by atoms with E-state index >= 15 is 0 Å². The van der Waals surface area contributed by atoms with Crippen LogP contribution in [0.25, 0.3) is 0 Å². The smallest absolute Gasteiger partial charge is 0.328 e. The van der Waals surface area contributed by atoms with Crippen molar-refractivity contribution in [2.45, 2.75) is 38.1 Å². The zero-order valence-electron chi connectivity index (χ0n) is 13.2. The highest BCUT2D eigenvalue weighted by Gasteiger charge is 2.36. The Morgan fingerprint density at radius 2 is 2.17 bits per heavy atom. The van der Waals surface area contributed by atoms with Crippen molar-refractivity contribution >= 4 is 11.9 Å². The molecular weight excluding hydrogens is 292 g/mol. The molecule has 1 amide bonds. The van der Waals surface area contributed by atoms with Gasteiger partial charge in [-0.15, -0.1) is 0 Å². The molecule has 23 heavy (non-hydrogen) atoms. The minimum atomic E-state index is -0.469. The molecule has 0 saturated carbocycles.